The molecule has 0 aromatic heterocycles. The molecule has 1 amide bonds. The van der Waals surface area contributed by atoms with Gasteiger partial charge in [-0.2, -0.15) is 0 Å². The summed E-state index contributed by atoms with van der Waals surface area (Å²) in [5.74, 6) is 0.167. The fraction of sp³-hybridized carbons (Fsp3) is 0.288. The van der Waals surface area contributed by atoms with E-state index in [9.17, 15) is 4.79 Å². The third-order valence-corrected chi connectivity index (χ3v) is 12.2. The van der Waals surface area contributed by atoms with Crippen LogP contribution in [0.5, 0.6) is 0 Å². The number of hydrogen-bond donors (Lipinski definition) is 1. The van der Waals surface area contributed by atoms with Gasteiger partial charge in [0.25, 0.3) is 0 Å². The van der Waals surface area contributed by atoms with Crippen LogP contribution in [-0.2, 0) is 30.7 Å². The van der Waals surface area contributed by atoms with Crippen molar-refractivity contribution in [1.82, 2.24) is 20.0 Å². The van der Waals surface area contributed by atoms with E-state index in [4.69, 9.17) is 23.2 Å². The largest absolute Gasteiger partial charge is 0.337 e. The molecule has 6 aromatic carbocycles. The second-order valence-corrected chi connectivity index (χ2v) is 17.0. The van der Waals surface area contributed by atoms with Crippen molar-refractivity contribution in [2.24, 2.45) is 0 Å². The Balaban J connectivity index is 0.000000180. The standard InChI is InChI=1S/C27H29ClN2O.C25H27ClN2/c1-20-8-13-27(28)26(16-20)24-11-9-23(10-12-24)18-29-14-15-30(21(2)31)25(19-29)17-22-6-4-3-5-7-22;1-19-7-12-25(26)24(15-19)22-10-8-21(9-11-22)17-28-14-13-27-23(18-28)16-20-5-3-2-4-6-20/h3-13,16,25H,14-15,17-19H2,1-2H3;2-12,15,23,27H,13-14,16-18H2,1H3/t25-;23-/m11/s1. The highest BCUT2D eigenvalue weighted by Crippen LogP contribution is 2.31. The van der Waals surface area contributed by atoms with Gasteiger partial charge in [0.1, 0.15) is 0 Å². The highest BCUT2D eigenvalue weighted by molar-refractivity contribution is 6.33. The summed E-state index contributed by atoms with van der Waals surface area (Å²) in [6, 6.07) is 51.8. The second kappa shape index (κ2) is 20.5. The summed E-state index contributed by atoms with van der Waals surface area (Å²) in [5, 5.41) is 5.26. The van der Waals surface area contributed by atoms with E-state index in [0.717, 1.165) is 91.9 Å². The first-order chi connectivity index (χ1) is 28.7. The summed E-state index contributed by atoms with van der Waals surface area (Å²) in [6.45, 7) is 13.5. The first-order valence-corrected chi connectivity index (χ1v) is 21.7. The predicted octanol–water partition coefficient (Wildman–Crippen LogP) is 10.9. The van der Waals surface area contributed by atoms with Crippen molar-refractivity contribution >= 4 is 29.1 Å². The van der Waals surface area contributed by atoms with Crippen molar-refractivity contribution in [3.63, 3.8) is 0 Å². The Hall–Kier alpha value is -4.75. The number of rotatable bonds is 10. The number of aryl methyl sites for hydroxylation is 2. The number of carbonyl (C=O) groups excluding carboxylic acids is 1. The molecule has 2 heterocycles. The van der Waals surface area contributed by atoms with E-state index < -0.39 is 0 Å². The highest BCUT2D eigenvalue weighted by Gasteiger charge is 2.29. The van der Waals surface area contributed by atoms with Crippen molar-refractivity contribution in [1.29, 1.82) is 0 Å². The van der Waals surface area contributed by atoms with Gasteiger partial charge >= 0.3 is 0 Å². The second-order valence-electron chi connectivity index (χ2n) is 16.2. The van der Waals surface area contributed by atoms with Crippen LogP contribution in [0.1, 0.15) is 40.3 Å². The Morgan fingerprint density at radius 3 is 1.58 bits per heavy atom. The van der Waals surface area contributed by atoms with Gasteiger partial charge in [0, 0.05) is 92.5 Å². The van der Waals surface area contributed by atoms with Crippen molar-refractivity contribution in [2.45, 2.75) is 58.8 Å². The van der Waals surface area contributed by atoms with E-state index in [1.54, 1.807) is 6.92 Å². The van der Waals surface area contributed by atoms with Crippen molar-refractivity contribution in [3.8, 4) is 22.3 Å². The Kier molecular flexibility index (Phi) is 14.7. The van der Waals surface area contributed by atoms with Crippen LogP contribution < -0.4 is 5.32 Å². The molecule has 0 saturated carbocycles. The molecule has 0 radical (unpaired) electrons. The van der Waals surface area contributed by atoms with Crippen LogP contribution in [0.15, 0.2) is 146 Å². The van der Waals surface area contributed by atoms with Gasteiger partial charge in [0.2, 0.25) is 5.91 Å². The first kappa shape index (κ1) is 42.4. The summed E-state index contributed by atoms with van der Waals surface area (Å²) in [6.07, 6.45) is 1.98. The van der Waals surface area contributed by atoms with Gasteiger partial charge in [0.05, 0.1) is 0 Å². The Bertz CT molecular complexity index is 2260. The molecule has 2 aliphatic rings. The minimum absolute atomic E-state index is 0.167. The minimum atomic E-state index is 0.167. The van der Waals surface area contributed by atoms with E-state index in [2.05, 4.69) is 150 Å². The lowest BCUT2D eigenvalue weighted by atomic mass is 10.0. The van der Waals surface area contributed by atoms with Crippen LogP contribution in [0.25, 0.3) is 22.3 Å². The molecule has 304 valence electrons. The average Bonchev–Trinajstić information content (AvgIpc) is 3.24. The summed E-state index contributed by atoms with van der Waals surface area (Å²) in [5.41, 5.74) is 12.3. The van der Waals surface area contributed by atoms with Gasteiger partial charge in [-0.05, 0) is 84.3 Å². The minimum Gasteiger partial charge on any atom is -0.337 e. The van der Waals surface area contributed by atoms with Crippen LogP contribution in [0.3, 0.4) is 0 Å². The molecule has 8 rings (SSSR count). The maximum absolute atomic E-state index is 12.2. The molecule has 5 nitrogen and oxygen atoms in total. The van der Waals surface area contributed by atoms with Gasteiger partial charge in [0.15, 0.2) is 0 Å². The molecule has 2 fully saturated rings. The van der Waals surface area contributed by atoms with Crippen LogP contribution >= 0.6 is 23.2 Å². The van der Waals surface area contributed by atoms with Gasteiger partial charge in [-0.15, -0.1) is 0 Å². The van der Waals surface area contributed by atoms with Crippen LogP contribution in [0.4, 0.5) is 0 Å². The highest BCUT2D eigenvalue weighted by atomic mass is 35.5. The number of nitrogens with one attached hydrogen (secondary N) is 1. The van der Waals surface area contributed by atoms with E-state index in [1.165, 1.54) is 38.9 Å². The Morgan fingerprint density at radius 1 is 0.576 bits per heavy atom. The van der Waals surface area contributed by atoms with Crippen LogP contribution in [0, 0.1) is 13.8 Å². The molecule has 2 aliphatic heterocycles. The quantitative estimate of drug-likeness (QED) is 0.149. The molecular weight excluding hydrogens is 768 g/mol. The number of amides is 1. The zero-order chi connectivity index (χ0) is 41.1. The molecule has 6 aromatic rings. The molecule has 2 atom stereocenters. The maximum Gasteiger partial charge on any atom is 0.219 e. The molecule has 59 heavy (non-hydrogen) atoms. The van der Waals surface area contributed by atoms with Gasteiger partial charge in [-0.25, -0.2) is 0 Å². The zero-order valence-corrected chi connectivity index (χ0v) is 36.1. The molecule has 0 bridgehead atoms. The van der Waals surface area contributed by atoms with Crippen molar-refractivity contribution in [3.05, 3.63) is 189 Å². The maximum atomic E-state index is 12.2. The molecule has 0 unspecified atom stereocenters. The monoisotopic (exact) mass is 822 g/mol. The number of piperazine rings is 2. The normalized spacial score (nSPS) is 17.3. The molecular formula is C52H56Cl2N4O. The van der Waals surface area contributed by atoms with E-state index in [1.807, 2.05) is 29.2 Å². The molecule has 0 spiro atoms. The molecule has 7 heteroatoms. The number of nitrogens with zero attached hydrogens (tertiary/aromatic N) is 3. The first-order valence-electron chi connectivity index (χ1n) is 20.9. The topological polar surface area (TPSA) is 38.8 Å². The lowest BCUT2D eigenvalue weighted by molar-refractivity contribution is -0.133. The van der Waals surface area contributed by atoms with Gasteiger partial charge in [-0.3, -0.25) is 14.6 Å². The lowest BCUT2D eigenvalue weighted by Crippen LogP contribution is -2.55. The fourth-order valence-electron chi connectivity index (χ4n) is 8.43. The van der Waals surface area contributed by atoms with Crippen LogP contribution in [0.2, 0.25) is 10.0 Å². The van der Waals surface area contributed by atoms with Crippen molar-refractivity contribution in [2.75, 3.05) is 39.3 Å². The van der Waals surface area contributed by atoms with Gasteiger partial charge < -0.3 is 10.2 Å². The fourth-order valence-corrected chi connectivity index (χ4v) is 8.88. The Labute approximate surface area is 361 Å². The summed E-state index contributed by atoms with van der Waals surface area (Å²) in [4.78, 5) is 19.2. The number of hydrogen-bond acceptors (Lipinski definition) is 4. The zero-order valence-electron chi connectivity index (χ0n) is 34.6. The van der Waals surface area contributed by atoms with Gasteiger partial charge in [-0.1, -0.05) is 156 Å². The molecule has 0 aliphatic carbocycles. The SMILES string of the molecule is CC(=O)N1CCN(Cc2ccc(-c3cc(C)ccc3Cl)cc2)C[C@H]1Cc1ccccc1.Cc1ccc(Cl)c(-c2ccc(CN3CCN[C@H](Cc4ccccc4)C3)cc2)c1. The van der Waals surface area contributed by atoms with E-state index >= 15 is 0 Å². The smallest absolute Gasteiger partial charge is 0.219 e. The summed E-state index contributed by atoms with van der Waals surface area (Å²) in [7, 11) is 0. The van der Waals surface area contributed by atoms with Crippen molar-refractivity contribution < 1.29 is 4.79 Å². The molecule has 1 N–H and O–H groups in total. The number of benzene rings is 6. The number of halogens is 2. The lowest BCUT2D eigenvalue weighted by Gasteiger charge is -2.41. The molecule has 2 saturated heterocycles. The van der Waals surface area contributed by atoms with E-state index in [0.29, 0.717) is 6.04 Å². The Morgan fingerprint density at radius 2 is 1.07 bits per heavy atom. The third kappa shape index (κ3) is 11.9. The van der Waals surface area contributed by atoms with E-state index in [-0.39, 0.29) is 11.9 Å². The summed E-state index contributed by atoms with van der Waals surface area (Å²) >= 11 is 12.8. The third-order valence-electron chi connectivity index (χ3n) is 11.5. The summed E-state index contributed by atoms with van der Waals surface area (Å²) < 4.78 is 0. The number of carbonyl (C=O) groups is 1. The predicted molar refractivity (Wildman–Crippen MR) is 247 cm³/mol. The van der Waals surface area contributed by atoms with Crippen LogP contribution in [-0.4, -0.2) is 72.0 Å². The average molecular weight is 824 g/mol.